The Labute approximate surface area is 136 Å². The van der Waals surface area contributed by atoms with Crippen LogP contribution in [0.15, 0.2) is 24.3 Å². The van der Waals surface area contributed by atoms with E-state index < -0.39 is 6.10 Å². The topological polar surface area (TPSA) is 73.6 Å². The smallest absolute Gasteiger partial charge is 0.267 e. The van der Waals surface area contributed by atoms with Crippen LogP contribution >= 0.6 is 0 Å². The van der Waals surface area contributed by atoms with E-state index in [1.165, 1.54) is 4.90 Å². The minimum absolute atomic E-state index is 0.0865. The van der Waals surface area contributed by atoms with Gasteiger partial charge in [0.1, 0.15) is 5.75 Å². The fourth-order valence-corrected chi connectivity index (χ4v) is 2.54. The van der Waals surface area contributed by atoms with E-state index in [2.05, 4.69) is 6.07 Å². The molecule has 0 N–H and O–H groups in total. The summed E-state index contributed by atoms with van der Waals surface area (Å²) in [4.78, 5) is 27.6. The molecule has 0 radical (unpaired) electrons. The number of carbonyl (C=O) groups excluding carboxylic acids is 2. The number of anilines is 1. The van der Waals surface area contributed by atoms with Crippen molar-refractivity contribution in [3.63, 3.8) is 0 Å². The third kappa shape index (κ3) is 3.81. The first-order valence-electron chi connectivity index (χ1n) is 7.64. The van der Waals surface area contributed by atoms with Crippen molar-refractivity contribution in [2.75, 3.05) is 25.0 Å². The molecule has 0 aromatic heterocycles. The molecule has 0 saturated heterocycles. The van der Waals surface area contributed by atoms with Crippen LogP contribution in [-0.4, -0.2) is 43.0 Å². The van der Waals surface area contributed by atoms with Crippen LogP contribution in [0.5, 0.6) is 5.75 Å². The Kier molecular flexibility index (Phi) is 5.22. The van der Waals surface area contributed by atoms with Crippen LogP contribution in [0.4, 0.5) is 5.69 Å². The van der Waals surface area contributed by atoms with Crippen molar-refractivity contribution in [1.29, 1.82) is 5.26 Å². The van der Waals surface area contributed by atoms with Crippen LogP contribution in [0.25, 0.3) is 0 Å². The molecule has 6 heteroatoms. The zero-order valence-corrected chi connectivity index (χ0v) is 13.7. The number of fused-ring (bicyclic) bond motifs is 1. The minimum Gasteiger partial charge on any atom is -0.479 e. The quantitative estimate of drug-likeness (QED) is 0.830. The first-order valence-corrected chi connectivity index (χ1v) is 7.64. The van der Waals surface area contributed by atoms with Crippen molar-refractivity contribution >= 4 is 17.5 Å². The maximum Gasteiger partial charge on any atom is 0.267 e. The van der Waals surface area contributed by atoms with Gasteiger partial charge in [0.05, 0.1) is 17.7 Å². The van der Waals surface area contributed by atoms with Gasteiger partial charge in [-0.25, -0.2) is 0 Å². The zero-order valence-electron chi connectivity index (χ0n) is 13.7. The van der Waals surface area contributed by atoms with Gasteiger partial charge in [-0.3, -0.25) is 9.59 Å². The molecule has 0 spiro atoms. The highest BCUT2D eigenvalue weighted by atomic mass is 16.5. The fraction of sp³-hybridized carbons (Fsp3) is 0.471. The molecule has 23 heavy (non-hydrogen) atoms. The molecule has 6 nitrogen and oxygen atoms in total. The summed E-state index contributed by atoms with van der Waals surface area (Å²) in [5, 5.41) is 8.82. The van der Waals surface area contributed by atoms with Gasteiger partial charge in [-0.05, 0) is 26.0 Å². The zero-order chi connectivity index (χ0) is 17.0. The van der Waals surface area contributed by atoms with Gasteiger partial charge in [0.15, 0.2) is 6.10 Å². The number of rotatable bonds is 5. The van der Waals surface area contributed by atoms with E-state index in [1.807, 2.05) is 24.3 Å². The lowest BCUT2D eigenvalue weighted by molar-refractivity contribution is -0.130. The van der Waals surface area contributed by atoms with Gasteiger partial charge in [0.25, 0.3) is 5.91 Å². The number of nitrogens with zero attached hydrogens (tertiary/aromatic N) is 3. The number of ether oxygens (including phenoxy) is 1. The third-order valence-corrected chi connectivity index (χ3v) is 3.82. The van der Waals surface area contributed by atoms with Gasteiger partial charge >= 0.3 is 0 Å². The summed E-state index contributed by atoms with van der Waals surface area (Å²) in [6, 6.07) is 9.41. The molecule has 0 fully saturated rings. The lowest BCUT2D eigenvalue weighted by atomic mass is 10.1. The standard InChI is InChI=1S/C17H21N3O3/c1-12(10-18)11-19(3)16(21)8-9-20-14-6-4-5-7-15(14)23-13(2)17(20)22/h4-7,12-13H,8-9,11H2,1-3H3/t12-,13-/m1/s1. The molecule has 0 unspecified atom stereocenters. The van der Waals surface area contributed by atoms with Crippen molar-refractivity contribution in [1.82, 2.24) is 4.90 Å². The normalized spacial score (nSPS) is 17.7. The Balaban J connectivity index is 2.04. The molecule has 0 saturated carbocycles. The van der Waals surface area contributed by atoms with Crippen molar-refractivity contribution in [2.24, 2.45) is 5.92 Å². The highest BCUT2D eigenvalue weighted by Gasteiger charge is 2.31. The number of para-hydroxylation sites is 2. The van der Waals surface area contributed by atoms with E-state index in [0.717, 1.165) is 0 Å². The monoisotopic (exact) mass is 315 g/mol. The van der Waals surface area contributed by atoms with Gasteiger partial charge < -0.3 is 14.5 Å². The average molecular weight is 315 g/mol. The van der Waals surface area contributed by atoms with Gasteiger partial charge in [0.2, 0.25) is 5.91 Å². The molecule has 1 heterocycles. The van der Waals surface area contributed by atoms with Crippen LogP contribution < -0.4 is 9.64 Å². The van der Waals surface area contributed by atoms with Crippen LogP contribution in [0.1, 0.15) is 20.3 Å². The van der Waals surface area contributed by atoms with E-state index in [-0.39, 0.29) is 24.2 Å². The van der Waals surface area contributed by atoms with Crippen molar-refractivity contribution in [3.05, 3.63) is 24.3 Å². The highest BCUT2D eigenvalue weighted by Crippen LogP contribution is 2.33. The Morgan fingerprint density at radius 2 is 2.17 bits per heavy atom. The molecular weight excluding hydrogens is 294 g/mol. The first kappa shape index (κ1) is 16.8. The molecule has 0 bridgehead atoms. The summed E-state index contributed by atoms with van der Waals surface area (Å²) in [5.74, 6) is 0.203. The Morgan fingerprint density at radius 1 is 1.48 bits per heavy atom. The molecule has 2 atom stereocenters. The number of hydrogen-bond donors (Lipinski definition) is 0. The summed E-state index contributed by atoms with van der Waals surface area (Å²) in [7, 11) is 1.67. The maximum absolute atomic E-state index is 12.3. The van der Waals surface area contributed by atoms with Gasteiger partial charge in [-0.2, -0.15) is 5.26 Å². The summed E-state index contributed by atoms with van der Waals surface area (Å²) >= 11 is 0. The summed E-state index contributed by atoms with van der Waals surface area (Å²) in [6.07, 6.45) is -0.349. The van der Waals surface area contributed by atoms with Crippen LogP contribution in [0.2, 0.25) is 0 Å². The van der Waals surface area contributed by atoms with Crippen molar-refractivity contribution in [2.45, 2.75) is 26.4 Å². The SMILES string of the molecule is C[C@H](C#N)CN(C)C(=O)CCN1C(=O)[C@@H](C)Oc2ccccc21. The van der Waals surface area contributed by atoms with Crippen LogP contribution in [0, 0.1) is 17.2 Å². The Hall–Kier alpha value is -2.55. The van der Waals surface area contributed by atoms with Gasteiger partial charge in [-0.15, -0.1) is 0 Å². The molecular formula is C17H21N3O3. The second kappa shape index (κ2) is 7.14. The molecule has 1 aliphatic rings. The molecule has 2 amide bonds. The van der Waals surface area contributed by atoms with Crippen molar-refractivity contribution < 1.29 is 14.3 Å². The number of benzene rings is 1. The summed E-state index contributed by atoms with van der Waals surface area (Å²) < 4.78 is 5.57. The molecule has 1 aliphatic heterocycles. The number of carbonyl (C=O) groups is 2. The van der Waals surface area contributed by atoms with Gasteiger partial charge in [-0.1, -0.05) is 12.1 Å². The average Bonchev–Trinajstić information content (AvgIpc) is 2.54. The Bertz CT molecular complexity index is 638. The third-order valence-electron chi connectivity index (χ3n) is 3.82. The molecule has 0 aliphatic carbocycles. The van der Waals surface area contributed by atoms with E-state index in [1.54, 1.807) is 25.8 Å². The summed E-state index contributed by atoms with van der Waals surface area (Å²) in [5.41, 5.74) is 0.691. The van der Waals surface area contributed by atoms with Crippen LogP contribution in [-0.2, 0) is 9.59 Å². The first-order chi connectivity index (χ1) is 10.9. The van der Waals surface area contributed by atoms with E-state index >= 15 is 0 Å². The predicted molar refractivity (Wildman–Crippen MR) is 85.9 cm³/mol. The fourth-order valence-electron chi connectivity index (χ4n) is 2.54. The highest BCUT2D eigenvalue weighted by molar-refractivity contribution is 6.00. The van der Waals surface area contributed by atoms with Gasteiger partial charge in [0, 0.05) is 26.6 Å². The maximum atomic E-state index is 12.3. The summed E-state index contributed by atoms with van der Waals surface area (Å²) in [6.45, 7) is 4.16. The van der Waals surface area contributed by atoms with E-state index in [0.29, 0.717) is 24.5 Å². The second-order valence-electron chi connectivity index (χ2n) is 5.77. The second-order valence-corrected chi connectivity index (χ2v) is 5.77. The number of nitriles is 1. The predicted octanol–water partition coefficient (Wildman–Crippen LogP) is 1.81. The minimum atomic E-state index is -0.559. The largest absolute Gasteiger partial charge is 0.479 e. The van der Waals surface area contributed by atoms with Crippen molar-refractivity contribution in [3.8, 4) is 11.8 Å². The van der Waals surface area contributed by atoms with E-state index in [4.69, 9.17) is 10.00 Å². The molecule has 1 aromatic carbocycles. The number of hydrogen-bond acceptors (Lipinski definition) is 4. The lowest BCUT2D eigenvalue weighted by Crippen LogP contribution is -2.46. The van der Waals surface area contributed by atoms with Crippen LogP contribution in [0.3, 0.4) is 0 Å². The Morgan fingerprint density at radius 3 is 2.87 bits per heavy atom. The lowest BCUT2D eigenvalue weighted by Gasteiger charge is -2.33. The molecule has 2 rings (SSSR count). The number of amides is 2. The van der Waals surface area contributed by atoms with E-state index in [9.17, 15) is 9.59 Å². The molecule has 1 aromatic rings. The molecule has 122 valence electrons.